The van der Waals surface area contributed by atoms with Gasteiger partial charge < -0.3 is 5.32 Å². The lowest BCUT2D eigenvalue weighted by atomic mass is 9.70. The molecule has 0 amide bonds. The third-order valence-electron chi connectivity index (χ3n) is 4.24. The first-order valence-electron chi connectivity index (χ1n) is 7.38. The molecule has 0 spiro atoms. The van der Waals surface area contributed by atoms with E-state index in [4.69, 9.17) is 11.6 Å². The fourth-order valence-electron chi connectivity index (χ4n) is 3.74. The van der Waals surface area contributed by atoms with Gasteiger partial charge in [0.05, 0.1) is 0 Å². The maximum absolute atomic E-state index is 6.28. The highest BCUT2D eigenvalue weighted by Gasteiger charge is 2.32. The number of halogens is 1. The lowest BCUT2D eigenvalue weighted by Gasteiger charge is -2.40. The minimum atomic E-state index is 0.319. The summed E-state index contributed by atoms with van der Waals surface area (Å²) in [6, 6.07) is 9.07. The van der Waals surface area contributed by atoms with Crippen LogP contribution in [0.25, 0.3) is 0 Å². The average molecular weight is 280 g/mol. The van der Waals surface area contributed by atoms with Crippen molar-refractivity contribution < 1.29 is 0 Å². The Morgan fingerprint density at radius 3 is 2.58 bits per heavy atom. The second-order valence-corrected chi connectivity index (χ2v) is 7.43. The summed E-state index contributed by atoms with van der Waals surface area (Å²) >= 11 is 6.28. The van der Waals surface area contributed by atoms with E-state index in [0.29, 0.717) is 17.5 Å². The lowest BCUT2D eigenvalue weighted by Crippen LogP contribution is -2.41. The Balaban J connectivity index is 2.03. The van der Waals surface area contributed by atoms with Crippen molar-refractivity contribution in [2.75, 3.05) is 0 Å². The van der Waals surface area contributed by atoms with Gasteiger partial charge in [0.25, 0.3) is 0 Å². The Kier molecular flexibility index (Phi) is 4.58. The third-order valence-corrected chi connectivity index (χ3v) is 4.59. The Bertz CT molecular complexity index is 427. The van der Waals surface area contributed by atoms with Crippen molar-refractivity contribution in [2.45, 2.75) is 59.0 Å². The van der Waals surface area contributed by atoms with Crippen LogP contribution in [0, 0.1) is 11.3 Å². The first kappa shape index (κ1) is 14.9. The Hall–Kier alpha value is -0.530. The summed E-state index contributed by atoms with van der Waals surface area (Å²) < 4.78 is 0. The highest BCUT2D eigenvalue weighted by molar-refractivity contribution is 6.31. The number of benzene rings is 1. The van der Waals surface area contributed by atoms with Gasteiger partial charge in [-0.2, -0.15) is 0 Å². The van der Waals surface area contributed by atoms with E-state index in [9.17, 15) is 0 Å². The third kappa shape index (κ3) is 3.97. The van der Waals surface area contributed by atoms with Crippen LogP contribution in [0.4, 0.5) is 0 Å². The predicted molar refractivity (Wildman–Crippen MR) is 83.6 cm³/mol. The van der Waals surface area contributed by atoms with Crippen LogP contribution >= 0.6 is 11.6 Å². The van der Waals surface area contributed by atoms with Crippen molar-refractivity contribution in [3.8, 4) is 0 Å². The van der Waals surface area contributed by atoms with Crippen LogP contribution in [0.2, 0.25) is 5.02 Å². The van der Waals surface area contributed by atoms with Crippen molar-refractivity contribution in [1.82, 2.24) is 5.32 Å². The largest absolute Gasteiger partial charge is 0.307 e. The minimum absolute atomic E-state index is 0.319. The fourth-order valence-corrected chi connectivity index (χ4v) is 4.04. The van der Waals surface area contributed by atoms with Gasteiger partial charge in [-0.3, -0.25) is 0 Å². The zero-order valence-electron chi connectivity index (χ0n) is 12.5. The summed E-state index contributed by atoms with van der Waals surface area (Å²) in [5.74, 6) is 0.805. The molecule has 1 N–H and O–H groups in total. The molecule has 1 aromatic carbocycles. The highest BCUT2D eigenvalue weighted by Crippen LogP contribution is 2.39. The van der Waals surface area contributed by atoms with Crippen molar-refractivity contribution >= 4 is 11.6 Å². The molecule has 106 valence electrons. The quantitative estimate of drug-likeness (QED) is 0.801. The van der Waals surface area contributed by atoms with Gasteiger partial charge in [0, 0.05) is 17.1 Å². The molecule has 3 atom stereocenters. The molecule has 0 bridgehead atoms. The van der Waals surface area contributed by atoms with Crippen molar-refractivity contribution in [3.63, 3.8) is 0 Å². The van der Waals surface area contributed by atoms with Crippen LogP contribution < -0.4 is 5.32 Å². The molecular formula is C17H26ClN. The smallest absolute Gasteiger partial charge is 0.0453 e. The minimum Gasteiger partial charge on any atom is -0.307 e. The van der Waals surface area contributed by atoms with Gasteiger partial charge in [0.15, 0.2) is 0 Å². The Morgan fingerprint density at radius 2 is 1.95 bits per heavy atom. The summed E-state index contributed by atoms with van der Waals surface area (Å²) in [4.78, 5) is 0. The summed E-state index contributed by atoms with van der Waals surface area (Å²) in [7, 11) is 0. The molecule has 0 saturated heterocycles. The van der Waals surface area contributed by atoms with Crippen molar-refractivity contribution in [3.05, 3.63) is 34.9 Å². The van der Waals surface area contributed by atoms with Gasteiger partial charge >= 0.3 is 0 Å². The van der Waals surface area contributed by atoms with Gasteiger partial charge in [-0.1, -0.05) is 50.6 Å². The normalized spacial score (nSPS) is 28.1. The summed E-state index contributed by atoms with van der Waals surface area (Å²) in [5, 5.41) is 4.64. The molecule has 1 fully saturated rings. The van der Waals surface area contributed by atoms with Crippen LogP contribution in [0.5, 0.6) is 0 Å². The fraction of sp³-hybridized carbons (Fsp3) is 0.647. The molecule has 1 saturated carbocycles. The summed E-state index contributed by atoms with van der Waals surface area (Å²) in [6.45, 7) is 9.36. The molecule has 2 rings (SSSR count). The van der Waals surface area contributed by atoms with Crippen LogP contribution in [0.1, 0.15) is 58.6 Å². The first-order chi connectivity index (χ1) is 8.87. The van der Waals surface area contributed by atoms with E-state index in [2.05, 4.69) is 45.1 Å². The van der Waals surface area contributed by atoms with Crippen LogP contribution in [0.15, 0.2) is 24.3 Å². The van der Waals surface area contributed by atoms with E-state index in [1.54, 1.807) is 0 Å². The molecule has 0 aliphatic heterocycles. The molecule has 2 heteroatoms. The number of hydrogen-bond acceptors (Lipinski definition) is 1. The highest BCUT2D eigenvalue weighted by atomic mass is 35.5. The van der Waals surface area contributed by atoms with Gasteiger partial charge in [-0.05, 0) is 49.1 Å². The average Bonchev–Trinajstić information content (AvgIpc) is 2.26. The standard InChI is InChI=1S/C17H26ClN/c1-12-9-14(11-17(3,4)10-12)19-13(2)15-7-5-6-8-16(15)18/h5-8,12-14,19H,9-11H2,1-4H3. The molecule has 19 heavy (non-hydrogen) atoms. The summed E-state index contributed by atoms with van der Waals surface area (Å²) in [5.41, 5.74) is 1.66. The van der Waals surface area contributed by atoms with Gasteiger partial charge in [0.1, 0.15) is 0 Å². The predicted octanol–water partition coefficient (Wildman–Crippen LogP) is 5.21. The first-order valence-corrected chi connectivity index (χ1v) is 7.76. The Morgan fingerprint density at radius 1 is 1.26 bits per heavy atom. The topological polar surface area (TPSA) is 12.0 Å². The molecular weight excluding hydrogens is 254 g/mol. The second kappa shape index (κ2) is 5.85. The van der Waals surface area contributed by atoms with Gasteiger partial charge in [-0.15, -0.1) is 0 Å². The molecule has 0 radical (unpaired) electrons. The summed E-state index contributed by atoms with van der Waals surface area (Å²) in [6.07, 6.45) is 3.87. The molecule has 0 aromatic heterocycles. The van der Waals surface area contributed by atoms with E-state index in [-0.39, 0.29) is 0 Å². The van der Waals surface area contributed by atoms with Crippen molar-refractivity contribution in [1.29, 1.82) is 0 Å². The molecule has 0 heterocycles. The Labute approximate surface area is 122 Å². The SMILES string of the molecule is CC1CC(NC(C)c2ccccc2Cl)CC(C)(C)C1. The molecule has 1 nitrogen and oxygen atoms in total. The lowest BCUT2D eigenvalue weighted by molar-refractivity contribution is 0.145. The van der Waals surface area contributed by atoms with E-state index in [1.165, 1.54) is 24.8 Å². The molecule has 1 aliphatic rings. The number of nitrogens with one attached hydrogen (secondary N) is 1. The molecule has 1 aliphatic carbocycles. The monoisotopic (exact) mass is 279 g/mol. The maximum Gasteiger partial charge on any atom is 0.0453 e. The van der Waals surface area contributed by atoms with Crippen LogP contribution in [-0.4, -0.2) is 6.04 Å². The zero-order valence-corrected chi connectivity index (χ0v) is 13.3. The van der Waals surface area contributed by atoms with E-state index >= 15 is 0 Å². The van der Waals surface area contributed by atoms with Crippen LogP contribution in [0.3, 0.4) is 0 Å². The van der Waals surface area contributed by atoms with E-state index in [1.807, 2.05) is 12.1 Å². The van der Waals surface area contributed by atoms with Gasteiger partial charge in [-0.25, -0.2) is 0 Å². The number of rotatable bonds is 3. The number of hydrogen-bond donors (Lipinski definition) is 1. The van der Waals surface area contributed by atoms with Crippen molar-refractivity contribution in [2.24, 2.45) is 11.3 Å². The second-order valence-electron chi connectivity index (χ2n) is 7.02. The van der Waals surface area contributed by atoms with Gasteiger partial charge in [0.2, 0.25) is 0 Å². The maximum atomic E-state index is 6.28. The van der Waals surface area contributed by atoms with Crippen LogP contribution in [-0.2, 0) is 0 Å². The van der Waals surface area contributed by atoms with E-state index in [0.717, 1.165) is 10.9 Å². The molecule has 3 unspecified atom stereocenters. The molecule has 1 aromatic rings. The van der Waals surface area contributed by atoms with E-state index < -0.39 is 0 Å². The zero-order chi connectivity index (χ0) is 14.0.